The first-order chi connectivity index (χ1) is 29.3. The molecule has 24 heteroatoms. The summed E-state index contributed by atoms with van der Waals surface area (Å²) in [7, 11) is -11.0. The summed E-state index contributed by atoms with van der Waals surface area (Å²) in [6, 6.07) is 0.337. The zero-order valence-electron chi connectivity index (χ0n) is 36.3. The van der Waals surface area contributed by atoms with Gasteiger partial charge in [-0.2, -0.15) is 11.8 Å². The maximum Gasteiger partial charge on any atom is 0.695 e. The average molecular weight is 956 g/mol. The molecule has 0 bridgehead atoms. The minimum absolute atomic E-state index is 0.0347. The molecule has 8 unspecified atom stereocenters. The van der Waals surface area contributed by atoms with Gasteiger partial charge in [-0.25, -0.2) is 9.36 Å². The normalized spacial score (nSPS) is 20.7. The SMILES string of the molecule is CCC(CC)CCOP(=O)(O)OCC(CCCCN)COP(C)(=O)OCC(COCCOCCOCCOCCCNC(=O)CCCCC1SCC2NC(=O)NC21)O[P+](=O)O. The first kappa shape index (κ1) is 56.3. The van der Waals surface area contributed by atoms with Crippen molar-refractivity contribution in [1.29, 1.82) is 0 Å². The molecule has 0 aromatic heterocycles. The van der Waals surface area contributed by atoms with Crippen LogP contribution in [0.3, 0.4) is 0 Å². The van der Waals surface area contributed by atoms with Crippen molar-refractivity contribution in [2.24, 2.45) is 17.6 Å². The average Bonchev–Trinajstić information content (AvgIpc) is 3.78. The molecule has 20 nitrogen and oxygen atoms in total. The van der Waals surface area contributed by atoms with Crippen molar-refractivity contribution in [2.45, 2.75) is 108 Å². The lowest BCUT2D eigenvalue weighted by Gasteiger charge is -2.22. The highest BCUT2D eigenvalue weighted by Gasteiger charge is 2.42. The zero-order valence-corrected chi connectivity index (χ0v) is 39.8. The van der Waals surface area contributed by atoms with Crippen molar-refractivity contribution in [3.05, 3.63) is 0 Å². The third kappa shape index (κ3) is 28.0. The number of amides is 3. The number of rotatable bonds is 41. The molecule has 7 N–H and O–H groups in total. The van der Waals surface area contributed by atoms with Gasteiger partial charge in [0.15, 0.2) is 6.10 Å². The number of phosphoric ester groups is 1. The molecule has 0 spiro atoms. The van der Waals surface area contributed by atoms with Crippen LogP contribution in [0.2, 0.25) is 0 Å². The number of nitrogens with two attached hydrogens (primary N) is 1. The minimum Gasteiger partial charge on any atom is -0.379 e. The molecule has 358 valence electrons. The van der Waals surface area contributed by atoms with Gasteiger partial charge in [0.25, 0.3) is 0 Å². The van der Waals surface area contributed by atoms with Crippen molar-refractivity contribution < 1.29 is 74.6 Å². The van der Waals surface area contributed by atoms with E-state index in [-0.39, 0.29) is 70.3 Å². The van der Waals surface area contributed by atoms with E-state index in [2.05, 4.69) is 29.8 Å². The number of hydrogen-bond acceptors (Lipinski definition) is 16. The lowest BCUT2D eigenvalue weighted by Crippen LogP contribution is -2.36. The smallest absolute Gasteiger partial charge is 0.379 e. The summed E-state index contributed by atoms with van der Waals surface area (Å²) >= 11 is 1.88. The second kappa shape index (κ2) is 33.6. The number of nitrogens with one attached hydrogen (secondary N) is 3. The van der Waals surface area contributed by atoms with Gasteiger partial charge in [0.05, 0.1) is 84.8 Å². The number of unbranched alkanes of at least 4 members (excludes halogenated alkanes) is 2. The third-order valence-electron chi connectivity index (χ3n) is 10.0. The van der Waals surface area contributed by atoms with Crippen LogP contribution >= 0.6 is 35.4 Å². The van der Waals surface area contributed by atoms with Crippen LogP contribution in [0.5, 0.6) is 0 Å². The summed E-state index contributed by atoms with van der Waals surface area (Å²) in [6.07, 6.45) is 7.35. The zero-order chi connectivity index (χ0) is 44.8. The summed E-state index contributed by atoms with van der Waals surface area (Å²) in [6.45, 7) is 7.97. The fraction of sp³-hybridized carbons (Fsp3) is 0.946. The summed E-state index contributed by atoms with van der Waals surface area (Å²) < 4.78 is 85.4. The minimum atomic E-state index is -4.30. The number of phosphoric acid groups is 1. The Morgan fingerprint density at radius 3 is 2.16 bits per heavy atom. The third-order valence-corrected chi connectivity index (χ3v) is 14.2. The summed E-state index contributed by atoms with van der Waals surface area (Å²) in [5, 5.41) is 9.27. The highest BCUT2D eigenvalue weighted by Crippen LogP contribution is 2.47. The van der Waals surface area contributed by atoms with Crippen LogP contribution < -0.4 is 21.7 Å². The second-order valence-corrected chi connectivity index (χ2v) is 20.5. The maximum atomic E-state index is 13.1. The molecule has 0 radical (unpaired) electrons. The molecule has 2 heterocycles. The van der Waals surface area contributed by atoms with Crippen molar-refractivity contribution >= 4 is 47.4 Å². The number of carbonyl (C=O) groups is 2. The fourth-order valence-corrected chi connectivity index (χ4v) is 10.2. The highest BCUT2D eigenvalue weighted by atomic mass is 32.2. The molecule has 0 aliphatic carbocycles. The van der Waals surface area contributed by atoms with E-state index < -0.39 is 35.7 Å². The van der Waals surface area contributed by atoms with Crippen LogP contribution in [0.25, 0.3) is 0 Å². The summed E-state index contributed by atoms with van der Waals surface area (Å²) in [5.41, 5.74) is 5.62. The van der Waals surface area contributed by atoms with Gasteiger partial charge in [-0.1, -0.05) is 39.5 Å². The Kier molecular flexibility index (Phi) is 31.0. The van der Waals surface area contributed by atoms with E-state index >= 15 is 0 Å². The Hall–Kier alpha value is -0.830. The summed E-state index contributed by atoms with van der Waals surface area (Å²) in [4.78, 5) is 43.1. The van der Waals surface area contributed by atoms with Crippen molar-refractivity contribution in [3.63, 3.8) is 0 Å². The van der Waals surface area contributed by atoms with Gasteiger partial charge in [-0.15, -0.1) is 9.42 Å². The van der Waals surface area contributed by atoms with Gasteiger partial charge in [-0.05, 0) is 51.0 Å². The van der Waals surface area contributed by atoms with Crippen LogP contribution in [-0.4, -0.2) is 150 Å². The van der Waals surface area contributed by atoms with Crippen LogP contribution in [0.4, 0.5) is 4.79 Å². The molecular formula is C37H74N4O16P3S+. The Morgan fingerprint density at radius 1 is 0.836 bits per heavy atom. The maximum absolute atomic E-state index is 13.1. The number of fused-ring (bicyclic) bond motifs is 1. The van der Waals surface area contributed by atoms with Gasteiger partial charge in [-0.3, -0.25) is 18.4 Å². The van der Waals surface area contributed by atoms with Gasteiger partial charge in [0, 0.05) is 47.7 Å². The molecule has 2 fully saturated rings. The Morgan fingerprint density at radius 2 is 1.49 bits per heavy atom. The van der Waals surface area contributed by atoms with E-state index in [4.69, 9.17) is 47.3 Å². The number of ether oxygens (including phenoxy) is 4. The Bertz CT molecular complexity index is 1310. The second-order valence-electron chi connectivity index (χ2n) is 15.0. The monoisotopic (exact) mass is 955 g/mol. The lowest BCUT2D eigenvalue weighted by molar-refractivity contribution is -0.121. The molecule has 61 heavy (non-hydrogen) atoms. The fourth-order valence-electron chi connectivity index (χ4n) is 6.43. The first-order valence-electron chi connectivity index (χ1n) is 21.5. The Labute approximate surface area is 367 Å². The van der Waals surface area contributed by atoms with Gasteiger partial charge >= 0.3 is 29.7 Å². The highest BCUT2D eigenvalue weighted by molar-refractivity contribution is 8.00. The van der Waals surface area contributed by atoms with Crippen LogP contribution in [0, 0.1) is 11.8 Å². The molecule has 8 atom stereocenters. The van der Waals surface area contributed by atoms with Gasteiger partial charge in [0.2, 0.25) is 5.91 Å². The predicted octanol–water partition coefficient (Wildman–Crippen LogP) is 4.88. The van der Waals surface area contributed by atoms with E-state index in [1.54, 1.807) is 0 Å². The van der Waals surface area contributed by atoms with E-state index in [0.29, 0.717) is 95.8 Å². The topological polar surface area (TPSA) is 271 Å². The molecule has 2 aliphatic rings. The number of carbonyl (C=O) groups excluding carboxylic acids is 2. The van der Waals surface area contributed by atoms with Crippen molar-refractivity contribution in [2.75, 3.05) is 105 Å². The summed E-state index contributed by atoms with van der Waals surface area (Å²) in [5.74, 6) is 0.950. The number of urea groups is 1. The first-order valence-corrected chi connectivity index (χ1v) is 27.2. The van der Waals surface area contributed by atoms with Crippen LogP contribution in [0.1, 0.15) is 84.5 Å². The van der Waals surface area contributed by atoms with Crippen LogP contribution in [-0.2, 0) is 60.1 Å². The standard InChI is InChI=1S/C37H73N4O16P3S/c1-4-30(5-2)14-18-53-60(47,48)56-26-31(11-8-9-15-38)25-54-59(3,46)55-28-32(57-58(44)45)27-52-24-23-51-22-21-50-20-19-49-17-10-16-39-35(42)13-7-6-12-34-36-33(29-61-34)40-37(43)41-36/h30-34,36H,4-29,38H2,1-3H3,(H4-,39,40,41,42,43,44,45,47,48)/p+1. The van der Waals surface area contributed by atoms with E-state index in [0.717, 1.165) is 37.9 Å². The molecule has 3 amide bonds. The Balaban J connectivity index is 1.49. The largest absolute Gasteiger partial charge is 0.695 e. The molecule has 2 saturated heterocycles. The number of hydrogen-bond donors (Lipinski definition) is 6. The molecule has 0 aromatic rings. The molecule has 0 saturated carbocycles. The molecule has 0 aromatic carbocycles. The van der Waals surface area contributed by atoms with Gasteiger partial charge < -0.3 is 54.6 Å². The van der Waals surface area contributed by atoms with E-state index in [1.165, 1.54) is 6.66 Å². The van der Waals surface area contributed by atoms with E-state index in [1.807, 2.05) is 11.8 Å². The lowest BCUT2D eigenvalue weighted by atomic mass is 10.0. The van der Waals surface area contributed by atoms with Crippen LogP contribution in [0.15, 0.2) is 0 Å². The van der Waals surface area contributed by atoms with Crippen molar-refractivity contribution in [1.82, 2.24) is 16.0 Å². The predicted molar refractivity (Wildman–Crippen MR) is 232 cm³/mol. The molecule has 2 rings (SSSR count). The van der Waals surface area contributed by atoms with Crippen molar-refractivity contribution in [3.8, 4) is 0 Å². The molecule has 2 aliphatic heterocycles. The molecular weight excluding hydrogens is 881 g/mol. The number of thioether (sulfide) groups is 1. The quantitative estimate of drug-likeness (QED) is 0.0271. The van der Waals surface area contributed by atoms with E-state index in [9.17, 15) is 33.1 Å². The van der Waals surface area contributed by atoms with Gasteiger partial charge in [0.1, 0.15) is 0 Å².